The number of benzene rings is 2. The van der Waals surface area contributed by atoms with Crippen LogP contribution in [-0.2, 0) is 0 Å². The average molecular weight is 402 g/mol. The Bertz CT molecular complexity index is 1310. The van der Waals surface area contributed by atoms with Crippen LogP contribution in [0.25, 0.3) is 32.2 Å². The molecule has 0 saturated heterocycles. The lowest BCUT2D eigenvalue weighted by Crippen LogP contribution is -2.11. The Kier molecular flexibility index (Phi) is 4.21. The van der Waals surface area contributed by atoms with Crippen LogP contribution in [0.4, 0.5) is 4.39 Å². The van der Waals surface area contributed by atoms with E-state index in [1.807, 2.05) is 0 Å². The van der Waals surface area contributed by atoms with Gasteiger partial charge in [0, 0.05) is 0 Å². The molecule has 2 aromatic carbocycles. The number of H-pyrrole nitrogens is 1. The Labute approximate surface area is 159 Å². The Morgan fingerprint density at radius 2 is 2.00 bits per heavy atom. The maximum Gasteiger partial charge on any atom is 0.335 e. The molecule has 0 fully saturated rings. The van der Waals surface area contributed by atoms with E-state index in [0.29, 0.717) is 15.2 Å². The van der Waals surface area contributed by atoms with Crippen molar-refractivity contribution in [3.05, 3.63) is 69.0 Å². The van der Waals surface area contributed by atoms with Gasteiger partial charge in [0.25, 0.3) is 5.56 Å². The van der Waals surface area contributed by atoms with Crippen LogP contribution in [0.5, 0.6) is 0 Å². The van der Waals surface area contributed by atoms with Crippen LogP contribution in [0, 0.1) is 5.82 Å². The highest BCUT2D eigenvalue weighted by atomic mass is 35.5. The van der Waals surface area contributed by atoms with Gasteiger partial charge in [0.05, 0.1) is 31.7 Å². The number of halogens is 2. The lowest BCUT2D eigenvalue weighted by molar-refractivity contribution is 0.0697. The second-order valence-electron chi connectivity index (χ2n) is 5.61. The van der Waals surface area contributed by atoms with Crippen molar-refractivity contribution in [2.75, 3.05) is 0 Å². The molecule has 2 N–H and O–H groups in total. The number of carboxylic acids is 1. The van der Waals surface area contributed by atoms with Crippen molar-refractivity contribution < 1.29 is 14.3 Å². The minimum atomic E-state index is -1.12. The van der Waals surface area contributed by atoms with Gasteiger partial charge in [0.2, 0.25) is 0 Å². The van der Waals surface area contributed by atoms with Crippen molar-refractivity contribution in [2.45, 2.75) is 0 Å². The minimum Gasteiger partial charge on any atom is -0.478 e. The van der Waals surface area contributed by atoms with Gasteiger partial charge in [-0.3, -0.25) is 4.79 Å². The largest absolute Gasteiger partial charge is 0.478 e. The molecule has 27 heavy (non-hydrogen) atoms. The fourth-order valence-corrected chi connectivity index (χ4v) is 3.73. The molecule has 134 valence electrons. The number of nitrogens with one attached hydrogen (secondary N) is 1. The topological polar surface area (TPSA) is 95.9 Å². The monoisotopic (exact) mass is 401 g/mol. The summed E-state index contributed by atoms with van der Waals surface area (Å²) < 4.78 is 14.0. The highest BCUT2D eigenvalue weighted by molar-refractivity contribution is 7.19. The molecule has 0 spiro atoms. The first-order valence-corrected chi connectivity index (χ1v) is 8.81. The number of carboxylic acid groups (broad SMARTS) is 1. The van der Waals surface area contributed by atoms with Gasteiger partial charge in [-0.05, 0) is 42.5 Å². The Hall–Kier alpha value is -3.10. The molecule has 0 aliphatic rings. The van der Waals surface area contributed by atoms with Crippen LogP contribution in [0.3, 0.4) is 0 Å². The molecule has 0 aliphatic carbocycles. The van der Waals surface area contributed by atoms with Gasteiger partial charge >= 0.3 is 5.97 Å². The summed E-state index contributed by atoms with van der Waals surface area (Å²) in [5.41, 5.74) is 0.416. The van der Waals surface area contributed by atoms with E-state index in [0.717, 1.165) is 0 Å². The predicted octanol–water partition coefficient (Wildman–Crippen LogP) is 4.11. The SMILES string of the molecule is O=C(O)c1ccc2c(=O)[nH]c(/C(Cl)=C/c3nc4ccc(F)cc4s3)nc2c1. The summed E-state index contributed by atoms with van der Waals surface area (Å²) in [6.07, 6.45) is 1.51. The van der Waals surface area contributed by atoms with Gasteiger partial charge in [0.15, 0.2) is 5.82 Å². The molecular formula is C18H9ClFN3O3S. The summed E-state index contributed by atoms with van der Waals surface area (Å²) >= 11 is 7.52. The first-order valence-electron chi connectivity index (χ1n) is 7.62. The molecule has 2 aromatic heterocycles. The first kappa shape index (κ1) is 17.3. The third-order valence-electron chi connectivity index (χ3n) is 3.80. The fourth-order valence-electron chi connectivity index (χ4n) is 2.54. The number of fused-ring (bicyclic) bond motifs is 2. The van der Waals surface area contributed by atoms with Gasteiger partial charge in [-0.2, -0.15) is 0 Å². The van der Waals surface area contributed by atoms with Gasteiger partial charge in [-0.25, -0.2) is 19.2 Å². The Balaban J connectivity index is 1.80. The number of carbonyl (C=O) groups is 1. The highest BCUT2D eigenvalue weighted by Crippen LogP contribution is 2.27. The number of rotatable bonds is 3. The van der Waals surface area contributed by atoms with Crippen molar-refractivity contribution in [2.24, 2.45) is 0 Å². The second kappa shape index (κ2) is 6.57. The Morgan fingerprint density at radius 1 is 1.19 bits per heavy atom. The molecule has 4 aromatic rings. The van der Waals surface area contributed by atoms with E-state index < -0.39 is 11.5 Å². The van der Waals surface area contributed by atoms with Crippen LogP contribution in [0.1, 0.15) is 21.2 Å². The molecule has 0 amide bonds. The van der Waals surface area contributed by atoms with Gasteiger partial charge in [0.1, 0.15) is 10.8 Å². The average Bonchev–Trinajstić information content (AvgIpc) is 3.02. The van der Waals surface area contributed by atoms with Gasteiger partial charge in [-0.1, -0.05) is 11.6 Å². The molecule has 0 unspecified atom stereocenters. The van der Waals surface area contributed by atoms with Crippen molar-refractivity contribution >= 4 is 61.1 Å². The molecule has 9 heteroatoms. The normalized spacial score (nSPS) is 12.0. The molecule has 0 bridgehead atoms. The van der Waals surface area contributed by atoms with E-state index in [4.69, 9.17) is 16.7 Å². The quantitative estimate of drug-likeness (QED) is 0.538. The molecule has 0 saturated carbocycles. The molecular weight excluding hydrogens is 393 g/mol. The number of aromatic nitrogens is 3. The van der Waals surface area contributed by atoms with Crippen LogP contribution in [0.15, 0.2) is 41.2 Å². The number of hydrogen-bond donors (Lipinski definition) is 2. The third kappa shape index (κ3) is 3.32. The maximum absolute atomic E-state index is 13.3. The Morgan fingerprint density at radius 3 is 2.78 bits per heavy atom. The maximum atomic E-state index is 13.3. The lowest BCUT2D eigenvalue weighted by atomic mass is 10.1. The van der Waals surface area contributed by atoms with E-state index in [1.54, 1.807) is 6.07 Å². The fraction of sp³-hybridized carbons (Fsp3) is 0. The standard InChI is InChI=1S/C18H9ClFN3O3S/c19-11(7-15-21-12-4-2-9(20)6-14(12)27-15)16-22-13-5-8(18(25)26)1-3-10(13)17(24)23-16/h1-7H,(H,25,26)(H,22,23,24)/b11-7-. The summed E-state index contributed by atoms with van der Waals surface area (Å²) in [5, 5.41) is 9.98. The van der Waals surface area contributed by atoms with E-state index in [2.05, 4.69) is 15.0 Å². The van der Waals surface area contributed by atoms with Crippen molar-refractivity contribution in [3.8, 4) is 0 Å². The van der Waals surface area contributed by atoms with Gasteiger partial charge < -0.3 is 10.1 Å². The van der Waals surface area contributed by atoms with Crippen LogP contribution >= 0.6 is 22.9 Å². The molecule has 2 heterocycles. The van der Waals surface area contributed by atoms with Gasteiger partial charge in [-0.15, -0.1) is 11.3 Å². The first-order chi connectivity index (χ1) is 12.9. The van der Waals surface area contributed by atoms with Crippen LogP contribution in [-0.4, -0.2) is 26.0 Å². The number of hydrogen-bond acceptors (Lipinski definition) is 5. The van der Waals surface area contributed by atoms with E-state index in [-0.39, 0.29) is 33.1 Å². The zero-order valence-electron chi connectivity index (χ0n) is 13.4. The van der Waals surface area contributed by atoms with Crippen molar-refractivity contribution in [1.82, 2.24) is 15.0 Å². The van der Waals surface area contributed by atoms with E-state index >= 15 is 0 Å². The van der Waals surface area contributed by atoms with Crippen LogP contribution in [0.2, 0.25) is 0 Å². The number of aromatic amines is 1. The van der Waals surface area contributed by atoms with Crippen molar-refractivity contribution in [1.29, 1.82) is 0 Å². The summed E-state index contributed by atoms with van der Waals surface area (Å²) in [6, 6.07) is 8.30. The molecule has 0 aliphatic heterocycles. The second-order valence-corrected chi connectivity index (χ2v) is 7.08. The predicted molar refractivity (Wildman–Crippen MR) is 103 cm³/mol. The number of nitrogens with zero attached hydrogens (tertiary/aromatic N) is 2. The lowest BCUT2D eigenvalue weighted by Gasteiger charge is -2.02. The van der Waals surface area contributed by atoms with E-state index in [9.17, 15) is 14.0 Å². The van der Waals surface area contributed by atoms with Crippen LogP contribution < -0.4 is 5.56 Å². The smallest absolute Gasteiger partial charge is 0.335 e. The highest BCUT2D eigenvalue weighted by Gasteiger charge is 2.11. The number of thiazole rings is 1. The molecule has 6 nitrogen and oxygen atoms in total. The van der Waals surface area contributed by atoms with Crippen molar-refractivity contribution in [3.63, 3.8) is 0 Å². The summed E-state index contributed by atoms with van der Waals surface area (Å²) in [5.74, 6) is -1.39. The summed E-state index contributed by atoms with van der Waals surface area (Å²) in [4.78, 5) is 34.5. The number of aromatic carboxylic acids is 1. The summed E-state index contributed by atoms with van der Waals surface area (Å²) in [6.45, 7) is 0. The summed E-state index contributed by atoms with van der Waals surface area (Å²) in [7, 11) is 0. The zero-order valence-corrected chi connectivity index (χ0v) is 14.9. The molecule has 4 rings (SSSR count). The molecule has 0 radical (unpaired) electrons. The zero-order chi connectivity index (χ0) is 19.1. The third-order valence-corrected chi connectivity index (χ3v) is 5.05. The minimum absolute atomic E-state index is 0.0138. The van der Waals surface area contributed by atoms with E-state index in [1.165, 1.54) is 47.7 Å². The molecule has 0 atom stereocenters.